The van der Waals surface area contributed by atoms with Gasteiger partial charge in [0.05, 0.1) is 0 Å². The fourth-order valence-corrected chi connectivity index (χ4v) is 3.63. The number of nitrogens with one attached hydrogen (secondary N) is 1. The van der Waals surface area contributed by atoms with Gasteiger partial charge >= 0.3 is 6.03 Å². The largest absolute Gasteiger partial charge is 0.336 e. The normalized spacial score (nSPS) is 24.0. The maximum atomic E-state index is 12.9. The summed E-state index contributed by atoms with van der Waals surface area (Å²) in [4.78, 5) is 29.2. The summed E-state index contributed by atoms with van der Waals surface area (Å²) in [5.41, 5.74) is 0.839. The van der Waals surface area contributed by atoms with E-state index in [1.807, 2.05) is 56.0 Å². The Kier molecular flexibility index (Phi) is 4.52. The smallest absolute Gasteiger partial charge is 0.318 e. The van der Waals surface area contributed by atoms with Gasteiger partial charge in [-0.25, -0.2) is 4.79 Å². The average Bonchev–Trinajstić information content (AvgIpc) is 2.52. The van der Waals surface area contributed by atoms with Crippen LogP contribution in [0.15, 0.2) is 30.3 Å². The first-order valence-corrected chi connectivity index (χ1v) is 8.75. The lowest BCUT2D eigenvalue weighted by molar-refractivity contribution is -0.144. The summed E-state index contributed by atoms with van der Waals surface area (Å²) < 4.78 is 0. The third kappa shape index (κ3) is 3.71. The number of carbonyl (C=O) groups is 2. The van der Waals surface area contributed by atoms with E-state index in [0.29, 0.717) is 19.0 Å². The van der Waals surface area contributed by atoms with Gasteiger partial charge < -0.3 is 15.1 Å². The molecule has 130 valence electrons. The topological polar surface area (TPSA) is 52.7 Å². The van der Waals surface area contributed by atoms with Crippen molar-refractivity contribution in [3.8, 4) is 0 Å². The third-order valence-corrected chi connectivity index (χ3v) is 4.75. The molecule has 0 aliphatic carbocycles. The molecule has 2 aliphatic heterocycles. The zero-order valence-corrected chi connectivity index (χ0v) is 14.8. The number of hydrogen-bond acceptors (Lipinski definition) is 2. The maximum absolute atomic E-state index is 12.9. The van der Waals surface area contributed by atoms with Crippen molar-refractivity contribution in [1.29, 1.82) is 0 Å². The second kappa shape index (κ2) is 6.46. The fraction of sp³-hybridized carbons (Fsp3) is 0.579. The van der Waals surface area contributed by atoms with Crippen molar-refractivity contribution in [2.75, 3.05) is 13.1 Å². The van der Waals surface area contributed by atoms with Gasteiger partial charge in [0.1, 0.15) is 6.04 Å². The van der Waals surface area contributed by atoms with Gasteiger partial charge in [-0.2, -0.15) is 0 Å². The molecule has 3 amide bonds. The lowest BCUT2D eigenvalue weighted by Gasteiger charge is -2.46. The predicted molar refractivity (Wildman–Crippen MR) is 93.4 cm³/mol. The number of rotatable bonds is 2. The number of amides is 3. The van der Waals surface area contributed by atoms with E-state index in [0.717, 1.165) is 24.9 Å². The highest BCUT2D eigenvalue weighted by Gasteiger charge is 2.43. The van der Waals surface area contributed by atoms with Gasteiger partial charge in [-0.15, -0.1) is 0 Å². The minimum absolute atomic E-state index is 0.0823. The van der Waals surface area contributed by atoms with Crippen molar-refractivity contribution in [1.82, 2.24) is 15.1 Å². The van der Waals surface area contributed by atoms with E-state index in [-0.39, 0.29) is 23.5 Å². The first kappa shape index (κ1) is 16.8. The Labute approximate surface area is 144 Å². The highest BCUT2D eigenvalue weighted by Crippen LogP contribution is 2.31. The number of benzene rings is 1. The molecule has 2 heterocycles. The lowest BCUT2D eigenvalue weighted by Crippen LogP contribution is -2.62. The number of piperidine rings is 2. The second-order valence-corrected chi connectivity index (χ2v) is 7.98. The van der Waals surface area contributed by atoms with Crippen molar-refractivity contribution >= 4 is 11.9 Å². The molecule has 2 bridgehead atoms. The Bertz CT molecular complexity index is 609. The van der Waals surface area contributed by atoms with E-state index >= 15 is 0 Å². The predicted octanol–water partition coefficient (Wildman–Crippen LogP) is 2.62. The molecule has 5 heteroatoms. The third-order valence-electron chi connectivity index (χ3n) is 4.75. The molecule has 3 rings (SSSR count). The molecule has 0 saturated carbocycles. The highest BCUT2D eigenvalue weighted by atomic mass is 16.2. The fourth-order valence-electron chi connectivity index (χ4n) is 3.63. The van der Waals surface area contributed by atoms with Crippen LogP contribution in [0.2, 0.25) is 0 Å². The van der Waals surface area contributed by atoms with Crippen LogP contribution in [-0.4, -0.2) is 46.4 Å². The number of fused-ring (bicyclic) bond motifs is 2. The molecule has 2 saturated heterocycles. The van der Waals surface area contributed by atoms with Crippen LogP contribution in [0, 0.1) is 5.92 Å². The Morgan fingerprint density at radius 1 is 1.25 bits per heavy atom. The van der Waals surface area contributed by atoms with E-state index in [4.69, 9.17) is 0 Å². The summed E-state index contributed by atoms with van der Waals surface area (Å²) in [5.74, 6) is 0.578. The molecular formula is C19H27N3O2. The standard InChI is InChI=1S/C19H27N3O2/c1-19(2,3)20-18(24)22-10-9-15-11-16(22)17(23)21(13-15)12-14-7-5-4-6-8-14/h4-8,15-16H,9-13H2,1-3H3,(H,20,24)/t15-,16+/m0/s1. The number of hydrogen-bond donors (Lipinski definition) is 1. The van der Waals surface area contributed by atoms with Crippen molar-refractivity contribution in [2.24, 2.45) is 5.92 Å². The Morgan fingerprint density at radius 3 is 2.62 bits per heavy atom. The van der Waals surface area contributed by atoms with Crippen LogP contribution < -0.4 is 5.32 Å². The first-order chi connectivity index (χ1) is 11.3. The minimum atomic E-state index is -0.316. The second-order valence-electron chi connectivity index (χ2n) is 7.98. The summed E-state index contributed by atoms with van der Waals surface area (Å²) in [7, 11) is 0. The summed E-state index contributed by atoms with van der Waals surface area (Å²) >= 11 is 0. The highest BCUT2D eigenvalue weighted by molar-refractivity contribution is 5.88. The molecule has 0 aromatic heterocycles. The summed E-state index contributed by atoms with van der Waals surface area (Å²) in [5, 5.41) is 2.99. The van der Waals surface area contributed by atoms with E-state index < -0.39 is 0 Å². The lowest BCUT2D eigenvalue weighted by atomic mass is 9.86. The molecule has 5 nitrogen and oxygen atoms in total. The first-order valence-electron chi connectivity index (χ1n) is 8.75. The average molecular weight is 329 g/mol. The molecule has 2 fully saturated rings. The molecule has 0 radical (unpaired) electrons. The number of carbonyl (C=O) groups excluding carboxylic acids is 2. The van der Waals surface area contributed by atoms with E-state index in [9.17, 15) is 9.59 Å². The Balaban J connectivity index is 1.72. The van der Waals surface area contributed by atoms with Gasteiger partial charge in [0, 0.05) is 25.2 Å². The monoisotopic (exact) mass is 329 g/mol. The molecule has 0 unspecified atom stereocenters. The SMILES string of the molecule is CC(C)(C)NC(=O)N1CC[C@H]2C[C@@H]1C(=O)N(Cc1ccccc1)C2. The maximum Gasteiger partial charge on any atom is 0.318 e. The van der Waals surface area contributed by atoms with Crippen LogP contribution in [-0.2, 0) is 11.3 Å². The summed E-state index contributed by atoms with van der Waals surface area (Å²) in [6.07, 6.45) is 1.76. The van der Waals surface area contributed by atoms with Crippen molar-refractivity contribution in [2.45, 2.75) is 51.7 Å². The van der Waals surface area contributed by atoms with Gasteiger partial charge in [-0.1, -0.05) is 30.3 Å². The summed E-state index contributed by atoms with van der Waals surface area (Å²) in [6.45, 7) is 7.98. The van der Waals surface area contributed by atoms with Gasteiger partial charge in [-0.3, -0.25) is 4.79 Å². The molecule has 2 atom stereocenters. The molecule has 2 aliphatic rings. The zero-order chi connectivity index (χ0) is 17.3. The minimum Gasteiger partial charge on any atom is -0.336 e. The van der Waals surface area contributed by atoms with Gasteiger partial charge in [0.15, 0.2) is 0 Å². The van der Waals surface area contributed by atoms with Gasteiger partial charge in [-0.05, 0) is 45.1 Å². The van der Waals surface area contributed by atoms with Crippen LogP contribution in [0.25, 0.3) is 0 Å². The van der Waals surface area contributed by atoms with E-state index in [1.54, 1.807) is 4.90 Å². The van der Waals surface area contributed by atoms with Crippen molar-refractivity contribution in [3.05, 3.63) is 35.9 Å². The molecule has 1 aromatic carbocycles. The van der Waals surface area contributed by atoms with E-state index in [2.05, 4.69) is 5.32 Å². The molecular weight excluding hydrogens is 302 g/mol. The Morgan fingerprint density at radius 2 is 1.96 bits per heavy atom. The molecule has 0 spiro atoms. The van der Waals surface area contributed by atoms with Crippen molar-refractivity contribution < 1.29 is 9.59 Å². The molecule has 24 heavy (non-hydrogen) atoms. The van der Waals surface area contributed by atoms with Crippen molar-refractivity contribution in [3.63, 3.8) is 0 Å². The van der Waals surface area contributed by atoms with Crippen LogP contribution in [0.4, 0.5) is 4.79 Å². The number of likely N-dealkylation sites (tertiary alicyclic amines) is 2. The molecule has 1 N–H and O–H groups in total. The number of nitrogens with zero attached hydrogens (tertiary/aromatic N) is 2. The van der Waals surface area contributed by atoms with Crippen LogP contribution in [0.3, 0.4) is 0 Å². The van der Waals surface area contributed by atoms with Gasteiger partial charge in [0.25, 0.3) is 0 Å². The van der Waals surface area contributed by atoms with Crippen LogP contribution in [0.1, 0.15) is 39.2 Å². The van der Waals surface area contributed by atoms with E-state index in [1.165, 1.54) is 0 Å². The zero-order valence-electron chi connectivity index (χ0n) is 14.8. The quantitative estimate of drug-likeness (QED) is 0.907. The molecule has 1 aromatic rings. The van der Waals surface area contributed by atoms with Crippen LogP contribution in [0.5, 0.6) is 0 Å². The number of urea groups is 1. The van der Waals surface area contributed by atoms with Gasteiger partial charge in [0.2, 0.25) is 5.91 Å². The van der Waals surface area contributed by atoms with Crippen LogP contribution >= 0.6 is 0 Å². The summed E-state index contributed by atoms with van der Waals surface area (Å²) in [6, 6.07) is 9.61. The Hall–Kier alpha value is -2.04.